The number of nitrogens with zero attached hydrogens (tertiary/aromatic N) is 2. The van der Waals surface area contributed by atoms with Crippen LogP contribution in [0.2, 0.25) is 0 Å². The van der Waals surface area contributed by atoms with Gasteiger partial charge in [0.15, 0.2) is 0 Å². The zero-order valence-corrected chi connectivity index (χ0v) is 14.5. The third-order valence-corrected chi connectivity index (χ3v) is 5.64. The molecule has 7 nitrogen and oxygen atoms in total. The van der Waals surface area contributed by atoms with Crippen molar-refractivity contribution in [1.29, 1.82) is 0 Å². The molecule has 0 radical (unpaired) electrons. The van der Waals surface area contributed by atoms with Crippen LogP contribution in [-0.4, -0.2) is 59.0 Å². The molecule has 128 valence electrons. The fourth-order valence-corrected chi connectivity index (χ4v) is 3.19. The van der Waals surface area contributed by atoms with E-state index in [4.69, 9.17) is 4.74 Å². The highest BCUT2D eigenvalue weighted by Crippen LogP contribution is 2.18. The summed E-state index contributed by atoms with van der Waals surface area (Å²) in [5.74, 6) is -0.190. The number of amides is 1. The molecule has 1 aliphatic rings. The van der Waals surface area contributed by atoms with E-state index in [1.165, 1.54) is 25.4 Å². The van der Waals surface area contributed by atoms with Gasteiger partial charge in [0.1, 0.15) is 0 Å². The minimum Gasteiger partial charge on any atom is -0.376 e. The summed E-state index contributed by atoms with van der Waals surface area (Å²) in [5.41, 5.74) is 0.983. The van der Waals surface area contributed by atoms with Crippen LogP contribution in [0.5, 0.6) is 0 Å². The molecular weight excluding hydrogens is 318 g/mol. The molecule has 23 heavy (non-hydrogen) atoms. The van der Waals surface area contributed by atoms with Gasteiger partial charge in [-0.1, -0.05) is 0 Å². The fraction of sp³-hybridized carbons (Fsp3) is 0.533. The Morgan fingerprint density at radius 3 is 2.43 bits per heavy atom. The van der Waals surface area contributed by atoms with Gasteiger partial charge < -0.3 is 10.1 Å². The van der Waals surface area contributed by atoms with Crippen LogP contribution in [0.25, 0.3) is 0 Å². The first-order valence-corrected chi connectivity index (χ1v) is 8.88. The zero-order valence-electron chi connectivity index (χ0n) is 13.7. The van der Waals surface area contributed by atoms with Gasteiger partial charge >= 0.3 is 10.2 Å². The van der Waals surface area contributed by atoms with Crippen LogP contribution in [0.15, 0.2) is 24.3 Å². The second kappa shape index (κ2) is 7.29. The highest BCUT2D eigenvalue weighted by molar-refractivity contribution is 7.90. The summed E-state index contributed by atoms with van der Waals surface area (Å²) >= 11 is 0. The highest BCUT2D eigenvalue weighted by atomic mass is 32.2. The summed E-state index contributed by atoms with van der Waals surface area (Å²) in [6.45, 7) is 1.25. The van der Waals surface area contributed by atoms with E-state index in [0.29, 0.717) is 17.8 Å². The lowest BCUT2D eigenvalue weighted by Crippen LogP contribution is -2.37. The van der Waals surface area contributed by atoms with E-state index < -0.39 is 10.2 Å². The quantitative estimate of drug-likeness (QED) is 0.831. The Labute approximate surface area is 137 Å². The van der Waals surface area contributed by atoms with Gasteiger partial charge in [0.2, 0.25) is 0 Å². The Bertz CT molecular complexity index is 637. The van der Waals surface area contributed by atoms with Crippen LogP contribution in [0.3, 0.4) is 0 Å². The molecule has 1 amide bonds. The summed E-state index contributed by atoms with van der Waals surface area (Å²) in [7, 11) is 0.881. The molecule has 1 aromatic carbocycles. The predicted molar refractivity (Wildman–Crippen MR) is 88.8 cm³/mol. The van der Waals surface area contributed by atoms with E-state index in [1.54, 1.807) is 24.3 Å². The topological polar surface area (TPSA) is 79.0 Å². The molecule has 1 aromatic rings. The number of hydrogen-bond donors (Lipinski definition) is 1. The van der Waals surface area contributed by atoms with E-state index in [-0.39, 0.29) is 12.0 Å². The maximum Gasteiger partial charge on any atom is 0.303 e. The number of anilines is 1. The Kier molecular flexibility index (Phi) is 5.61. The number of carbonyl (C=O) groups excluding carboxylic acids is 1. The van der Waals surface area contributed by atoms with Crippen molar-refractivity contribution in [2.45, 2.75) is 18.9 Å². The third-order valence-electron chi connectivity index (χ3n) is 3.81. The van der Waals surface area contributed by atoms with Crippen LogP contribution >= 0.6 is 0 Å². The van der Waals surface area contributed by atoms with Crippen molar-refractivity contribution >= 4 is 21.8 Å². The fourth-order valence-electron chi connectivity index (χ4n) is 2.31. The van der Waals surface area contributed by atoms with Crippen LogP contribution in [0.4, 0.5) is 5.69 Å². The maximum absolute atomic E-state index is 12.1. The lowest BCUT2D eigenvalue weighted by atomic mass is 10.2. The van der Waals surface area contributed by atoms with Crippen LogP contribution < -0.4 is 9.62 Å². The number of nitrogens with one attached hydrogen (secondary N) is 1. The summed E-state index contributed by atoms with van der Waals surface area (Å²) in [6, 6.07) is 6.45. The zero-order chi connectivity index (χ0) is 17.0. The van der Waals surface area contributed by atoms with Gasteiger partial charge in [0.25, 0.3) is 5.91 Å². The van der Waals surface area contributed by atoms with Gasteiger partial charge in [-0.25, -0.2) is 0 Å². The normalized spacial score (nSPS) is 18.2. The molecule has 1 fully saturated rings. The molecule has 1 heterocycles. The van der Waals surface area contributed by atoms with Crippen molar-refractivity contribution in [2.75, 3.05) is 38.6 Å². The number of rotatable bonds is 6. The molecule has 8 heteroatoms. The Hall–Kier alpha value is -1.64. The maximum atomic E-state index is 12.1. The second-order valence-electron chi connectivity index (χ2n) is 5.65. The van der Waals surface area contributed by atoms with Gasteiger partial charge in [-0.2, -0.15) is 12.7 Å². The molecule has 0 saturated carbocycles. The van der Waals surface area contributed by atoms with Crippen molar-refractivity contribution in [3.05, 3.63) is 29.8 Å². The third kappa shape index (κ3) is 4.21. The minimum atomic E-state index is -3.53. The number of ether oxygens (including phenoxy) is 1. The first-order valence-electron chi connectivity index (χ1n) is 7.48. The van der Waals surface area contributed by atoms with Crippen molar-refractivity contribution in [3.63, 3.8) is 0 Å². The Balaban J connectivity index is 1.99. The number of hydrogen-bond acceptors (Lipinski definition) is 4. The molecular formula is C15H23N3O4S. The molecule has 2 rings (SSSR count). The van der Waals surface area contributed by atoms with Gasteiger partial charge in [0.05, 0.1) is 11.8 Å². The van der Waals surface area contributed by atoms with Crippen molar-refractivity contribution < 1.29 is 17.9 Å². The monoisotopic (exact) mass is 341 g/mol. The second-order valence-corrected chi connectivity index (χ2v) is 7.82. The van der Waals surface area contributed by atoms with Crippen molar-refractivity contribution in [3.8, 4) is 0 Å². The standard InChI is InChI=1S/C15H23N3O4S/c1-17(2)23(20,21)18(3)13-8-6-12(7-9-13)15(19)16-11-14-5-4-10-22-14/h6-9,14H,4-5,10-11H2,1-3H3,(H,16,19)/t14-/m1/s1. The highest BCUT2D eigenvalue weighted by Gasteiger charge is 2.21. The lowest BCUT2D eigenvalue weighted by Gasteiger charge is -2.23. The largest absolute Gasteiger partial charge is 0.376 e. The number of carbonyl (C=O) groups is 1. The van der Waals surface area contributed by atoms with Gasteiger partial charge in [-0.15, -0.1) is 0 Å². The first-order chi connectivity index (χ1) is 10.8. The molecule has 0 aromatic heterocycles. The summed E-state index contributed by atoms with van der Waals surface area (Å²) in [4.78, 5) is 12.1. The molecule has 0 aliphatic carbocycles. The molecule has 0 spiro atoms. The Morgan fingerprint density at radius 1 is 1.26 bits per heavy atom. The average Bonchev–Trinajstić information content (AvgIpc) is 3.05. The van der Waals surface area contributed by atoms with Gasteiger partial charge in [-0.05, 0) is 37.1 Å². The van der Waals surface area contributed by atoms with E-state index in [0.717, 1.165) is 23.8 Å². The first kappa shape index (κ1) is 17.7. The average molecular weight is 341 g/mol. The minimum absolute atomic E-state index is 0.0922. The predicted octanol–water partition coefficient (Wildman–Crippen LogP) is 0.838. The molecule has 1 aliphatic heterocycles. The van der Waals surface area contributed by atoms with Crippen molar-refractivity contribution in [2.24, 2.45) is 0 Å². The van der Waals surface area contributed by atoms with Crippen LogP contribution in [0, 0.1) is 0 Å². The summed E-state index contributed by atoms with van der Waals surface area (Å²) in [5, 5.41) is 2.83. The molecule has 0 bridgehead atoms. The van der Waals surface area contributed by atoms with E-state index in [2.05, 4.69) is 5.32 Å². The van der Waals surface area contributed by atoms with Gasteiger partial charge in [0, 0.05) is 39.9 Å². The van der Waals surface area contributed by atoms with Crippen molar-refractivity contribution in [1.82, 2.24) is 9.62 Å². The lowest BCUT2D eigenvalue weighted by molar-refractivity contribution is 0.0858. The molecule has 1 atom stereocenters. The molecule has 0 unspecified atom stereocenters. The Morgan fingerprint density at radius 2 is 1.91 bits per heavy atom. The van der Waals surface area contributed by atoms with Crippen LogP contribution in [0.1, 0.15) is 23.2 Å². The summed E-state index contributed by atoms with van der Waals surface area (Å²) in [6.07, 6.45) is 2.09. The smallest absolute Gasteiger partial charge is 0.303 e. The van der Waals surface area contributed by atoms with E-state index in [9.17, 15) is 13.2 Å². The summed E-state index contributed by atoms with van der Waals surface area (Å²) < 4.78 is 31.9. The van der Waals surface area contributed by atoms with Crippen LogP contribution in [-0.2, 0) is 14.9 Å². The van der Waals surface area contributed by atoms with E-state index >= 15 is 0 Å². The van der Waals surface area contributed by atoms with E-state index in [1.807, 2.05) is 0 Å². The number of benzene rings is 1. The molecule has 1 N–H and O–H groups in total. The SMILES string of the molecule is CN(C)S(=O)(=O)N(C)c1ccc(C(=O)NC[C@H]2CCCO2)cc1. The molecule has 1 saturated heterocycles. The van der Waals surface area contributed by atoms with Gasteiger partial charge in [-0.3, -0.25) is 9.10 Å².